The van der Waals surface area contributed by atoms with Gasteiger partial charge in [0.15, 0.2) is 0 Å². The number of hydrogen-bond acceptors (Lipinski definition) is 0. The van der Waals surface area contributed by atoms with E-state index >= 15 is 0 Å². The Morgan fingerprint density at radius 2 is 0.917 bits per heavy atom. The van der Waals surface area contributed by atoms with Gasteiger partial charge >= 0.3 is 0 Å². The molecular formula is C46H30BrN. The molecule has 226 valence electrons. The van der Waals surface area contributed by atoms with Gasteiger partial charge in [-0.15, -0.1) is 0 Å². The third-order valence-electron chi connectivity index (χ3n) is 9.45. The van der Waals surface area contributed by atoms with Crippen molar-refractivity contribution in [3.05, 3.63) is 186 Å². The Kier molecular flexibility index (Phi) is 7.03. The number of aromatic nitrogens is 1. The van der Waals surface area contributed by atoms with Gasteiger partial charge in [0.2, 0.25) is 0 Å². The van der Waals surface area contributed by atoms with Gasteiger partial charge in [-0.25, -0.2) is 0 Å². The second kappa shape index (κ2) is 11.8. The van der Waals surface area contributed by atoms with Crippen molar-refractivity contribution >= 4 is 48.5 Å². The predicted octanol–water partition coefficient (Wildman–Crippen LogP) is 13.4. The van der Waals surface area contributed by atoms with Crippen LogP contribution in [0.3, 0.4) is 0 Å². The van der Waals surface area contributed by atoms with Crippen molar-refractivity contribution in [1.29, 1.82) is 0 Å². The maximum absolute atomic E-state index is 3.85. The van der Waals surface area contributed by atoms with Gasteiger partial charge in [-0.1, -0.05) is 155 Å². The van der Waals surface area contributed by atoms with Crippen molar-refractivity contribution < 1.29 is 0 Å². The molecule has 0 fully saturated rings. The van der Waals surface area contributed by atoms with Crippen LogP contribution in [0.25, 0.3) is 82.8 Å². The summed E-state index contributed by atoms with van der Waals surface area (Å²) in [5.41, 5.74) is 13.2. The third kappa shape index (κ3) is 4.94. The monoisotopic (exact) mass is 675 g/mol. The average molecular weight is 677 g/mol. The van der Waals surface area contributed by atoms with Gasteiger partial charge in [-0.2, -0.15) is 0 Å². The van der Waals surface area contributed by atoms with Crippen LogP contribution in [0.4, 0.5) is 0 Å². The molecule has 0 spiro atoms. The minimum Gasteiger partial charge on any atom is -0.309 e. The van der Waals surface area contributed by atoms with Crippen molar-refractivity contribution in [3.63, 3.8) is 0 Å². The molecule has 0 saturated heterocycles. The maximum atomic E-state index is 3.85. The van der Waals surface area contributed by atoms with E-state index in [4.69, 9.17) is 0 Å². The molecule has 0 aliphatic carbocycles. The van der Waals surface area contributed by atoms with Gasteiger partial charge in [0.1, 0.15) is 0 Å². The van der Waals surface area contributed by atoms with Crippen molar-refractivity contribution in [2.75, 3.05) is 0 Å². The van der Waals surface area contributed by atoms with Gasteiger partial charge in [-0.3, -0.25) is 0 Å². The third-order valence-corrected chi connectivity index (χ3v) is 9.91. The first-order chi connectivity index (χ1) is 23.7. The summed E-state index contributed by atoms with van der Waals surface area (Å²) in [5, 5.41) is 5.05. The van der Waals surface area contributed by atoms with Gasteiger partial charge in [0.05, 0.1) is 11.0 Å². The van der Waals surface area contributed by atoms with E-state index < -0.39 is 0 Å². The van der Waals surface area contributed by atoms with Crippen LogP contribution in [0.5, 0.6) is 0 Å². The second-order valence-corrected chi connectivity index (χ2v) is 13.2. The lowest BCUT2D eigenvalue weighted by molar-refractivity contribution is 1.18. The zero-order valence-corrected chi connectivity index (χ0v) is 27.7. The SMILES string of the molecule is Brc1cc(-c2ccc(-c3cccc4ccccc34)cc2)cc(-c2ccccc2-c2ccc3c4ccccc4n(-c4ccccc4)c3c2)c1. The van der Waals surface area contributed by atoms with Crippen molar-refractivity contribution in [1.82, 2.24) is 4.57 Å². The molecule has 0 N–H and O–H groups in total. The molecule has 9 rings (SSSR count). The molecule has 1 heterocycles. The number of rotatable bonds is 5. The number of benzene rings is 8. The number of nitrogens with zero attached hydrogens (tertiary/aromatic N) is 1. The zero-order valence-electron chi connectivity index (χ0n) is 26.1. The van der Waals surface area contributed by atoms with E-state index in [9.17, 15) is 0 Å². The number of fused-ring (bicyclic) bond motifs is 4. The highest BCUT2D eigenvalue weighted by Gasteiger charge is 2.15. The molecular weight excluding hydrogens is 646 g/mol. The van der Waals surface area contributed by atoms with Crippen LogP contribution in [0.2, 0.25) is 0 Å². The number of hydrogen-bond donors (Lipinski definition) is 0. The van der Waals surface area contributed by atoms with E-state index in [2.05, 4.69) is 202 Å². The van der Waals surface area contributed by atoms with Crippen LogP contribution < -0.4 is 0 Å². The van der Waals surface area contributed by atoms with E-state index in [0.29, 0.717) is 0 Å². The van der Waals surface area contributed by atoms with E-state index in [1.165, 1.54) is 77.1 Å². The Hall–Kier alpha value is -5.70. The van der Waals surface area contributed by atoms with E-state index in [-0.39, 0.29) is 0 Å². The second-order valence-electron chi connectivity index (χ2n) is 12.3. The lowest BCUT2D eigenvalue weighted by Gasteiger charge is -2.14. The van der Waals surface area contributed by atoms with Crippen molar-refractivity contribution in [2.24, 2.45) is 0 Å². The molecule has 1 aromatic heterocycles. The Morgan fingerprint density at radius 3 is 1.75 bits per heavy atom. The zero-order chi connectivity index (χ0) is 32.0. The van der Waals surface area contributed by atoms with Crippen LogP contribution in [-0.4, -0.2) is 4.57 Å². The molecule has 0 saturated carbocycles. The minimum atomic E-state index is 1.06. The highest BCUT2D eigenvalue weighted by atomic mass is 79.9. The molecule has 0 amide bonds. The van der Waals surface area contributed by atoms with E-state index in [1.807, 2.05) is 0 Å². The molecule has 2 heteroatoms. The number of para-hydroxylation sites is 2. The van der Waals surface area contributed by atoms with E-state index in [1.54, 1.807) is 0 Å². The Bertz CT molecular complexity index is 2610. The summed E-state index contributed by atoms with van der Waals surface area (Å²) in [5.74, 6) is 0. The first-order valence-corrected chi connectivity index (χ1v) is 17.1. The van der Waals surface area contributed by atoms with Crippen LogP contribution in [0, 0.1) is 0 Å². The summed E-state index contributed by atoms with van der Waals surface area (Å²) in [6, 6.07) is 65.9. The number of halogens is 1. The maximum Gasteiger partial charge on any atom is 0.0547 e. The first-order valence-electron chi connectivity index (χ1n) is 16.3. The normalized spacial score (nSPS) is 11.4. The van der Waals surface area contributed by atoms with E-state index in [0.717, 1.165) is 10.2 Å². The molecule has 0 atom stereocenters. The molecule has 0 aliphatic heterocycles. The summed E-state index contributed by atoms with van der Waals surface area (Å²) in [6.45, 7) is 0. The Labute approximate surface area is 288 Å². The quantitative estimate of drug-likeness (QED) is 0.171. The molecule has 8 aromatic carbocycles. The van der Waals surface area contributed by atoms with Crippen LogP contribution in [0.15, 0.2) is 186 Å². The van der Waals surface area contributed by atoms with Crippen LogP contribution in [-0.2, 0) is 0 Å². The molecule has 0 unspecified atom stereocenters. The molecule has 48 heavy (non-hydrogen) atoms. The average Bonchev–Trinajstić information content (AvgIpc) is 3.48. The highest BCUT2D eigenvalue weighted by Crippen LogP contribution is 2.40. The smallest absolute Gasteiger partial charge is 0.0547 e. The summed E-state index contributed by atoms with van der Waals surface area (Å²) in [4.78, 5) is 0. The summed E-state index contributed by atoms with van der Waals surface area (Å²) >= 11 is 3.85. The fourth-order valence-electron chi connectivity index (χ4n) is 7.21. The first kappa shape index (κ1) is 28.5. The molecule has 0 bridgehead atoms. The van der Waals surface area contributed by atoms with Crippen LogP contribution >= 0.6 is 15.9 Å². The molecule has 0 aliphatic rings. The van der Waals surface area contributed by atoms with Crippen LogP contribution in [0.1, 0.15) is 0 Å². The Morgan fingerprint density at radius 1 is 0.333 bits per heavy atom. The fraction of sp³-hybridized carbons (Fsp3) is 0. The summed E-state index contributed by atoms with van der Waals surface area (Å²) in [6.07, 6.45) is 0. The standard InChI is InChI=1S/C46H30BrN/c47-37-28-35(31-21-23-33(24-22-31)40-19-10-12-32-11-4-5-15-39(32)40)27-36(29-37)42-17-7-6-16-41(42)34-25-26-44-43-18-8-9-20-45(43)48(46(44)30-34)38-13-2-1-3-14-38/h1-30H. The van der Waals surface area contributed by atoms with Gasteiger partial charge in [0.25, 0.3) is 0 Å². The van der Waals surface area contributed by atoms with Gasteiger partial charge < -0.3 is 4.57 Å². The fourth-order valence-corrected chi connectivity index (χ4v) is 7.70. The lowest BCUT2D eigenvalue weighted by atomic mass is 9.91. The van der Waals surface area contributed by atoms with Gasteiger partial charge in [-0.05, 0) is 97.7 Å². The van der Waals surface area contributed by atoms with Crippen molar-refractivity contribution in [2.45, 2.75) is 0 Å². The van der Waals surface area contributed by atoms with Gasteiger partial charge in [0, 0.05) is 20.9 Å². The lowest BCUT2D eigenvalue weighted by Crippen LogP contribution is -1.93. The largest absolute Gasteiger partial charge is 0.309 e. The molecule has 0 radical (unpaired) electrons. The summed E-state index contributed by atoms with van der Waals surface area (Å²) < 4.78 is 3.44. The Balaban J connectivity index is 1.14. The minimum absolute atomic E-state index is 1.06. The topological polar surface area (TPSA) is 4.93 Å². The summed E-state index contributed by atoms with van der Waals surface area (Å²) in [7, 11) is 0. The molecule has 9 aromatic rings. The van der Waals surface area contributed by atoms with Crippen molar-refractivity contribution in [3.8, 4) is 50.2 Å². The predicted molar refractivity (Wildman–Crippen MR) is 208 cm³/mol. The molecule has 1 nitrogen and oxygen atoms in total. The highest BCUT2D eigenvalue weighted by molar-refractivity contribution is 9.10.